The lowest BCUT2D eigenvalue weighted by Gasteiger charge is -2.24. The van der Waals surface area contributed by atoms with Crippen LogP contribution >= 0.6 is 0 Å². The Bertz CT molecular complexity index is 3490. The maximum absolute atomic E-state index is 11.3. The Morgan fingerprint density at radius 2 is 0.769 bits per heavy atom. The first kappa shape index (κ1) is 60.7. The van der Waals surface area contributed by atoms with Gasteiger partial charge in [-0.3, -0.25) is 24.0 Å². The van der Waals surface area contributed by atoms with Gasteiger partial charge in [0.1, 0.15) is 12.1 Å². The molecule has 0 saturated carbocycles. The van der Waals surface area contributed by atoms with Gasteiger partial charge in [0, 0.05) is 107 Å². The first-order valence-electron chi connectivity index (χ1n) is 23.0. The average Bonchev–Trinajstić information content (AvgIpc) is 4.20. The van der Waals surface area contributed by atoms with E-state index >= 15 is 0 Å². The van der Waals surface area contributed by atoms with Gasteiger partial charge < -0.3 is 77.4 Å². The number of carboxylic acid groups (broad SMARTS) is 7. The van der Waals surface area contributed by atoms with E-state index in [0.717, 1.165) is 56.3 Å². The molecule has 17 N–H and O–H groups in total. The van der Waals surface area contributed by atoms with Gasteiger partial charge in [-0.1, -0.05) is 72.8 Å². The fraction of sp³-hybridized carbons (Fsp3) is 0.208. The Kier molecular flexibility index (Phi) is 21.1. The molecule has 4 aromatic carbocycles. The van der Waals surface area contributed by atoms with E-state index in [4.69, 9.17) is 42.1 Å². The molecular weight excluding hydrogens is 1020 g/mol. The molecule has 410 valence electrons. The van der Waals surface area contributed by atoms with Gasteiger partial charge in [0.15, 0.2) is 11.2 Å². The molecule has 4 heterocycles. The number of nitrogens with two attached hydrogens (primary N) is 2. The number of Topliss-reactive ketones (excluding diaryl/α,β-unsaturated/α-hetero) is 3. The third kappa shape index (κ3) is 16.6. The van der Waals surface area contributed by atoms with E-state index in [0.29, 0.717) is 22.9 Å². The van der Waals surface area contributed by atoms with Gasteiger partial charge in [-0.15, -0.1) is 0 Å². The molecule has 0 bridgehead atoms. The maximum Gasteiger partial charge on any atom is 0.372 e. The number of benzene rings is 4. The summed E-state index contributed by atoms with van der Waals surface area (Å²) in [5.74, 6) is -13.0. The number of carboxylic acids is 7. The SMILES string of the molecule is CC(=O)C(=O)O.N[C@@H](Cc1c[nH]c2ccccc12)C(=O)O.N[C@H](C[C@](O)(Cc1c[nH]c2ccccc12)C(=O)O)C(=O)O.O=C(O)C(=O)C[C@](O)(Cc1c[nH]c2ccccc12)C(=O)O.O=C(O)C(=O)Cc1c[nH]c2ccccc12. The Morgan fingerprint density at radius 3 is 1.12 bits per heavy atom. The van der Waals surface area contributed by atoms with Crippen LogP contribution in [0.15, 0.2) is 122 Å². The second-order valence-corrected chi connectivity index (χ2v) is 17.4. The molecule has 0 aliphatic rings. The molecule has 0 aliphatic carbocycles. The van der Waals surface area contributed by atoms with Crippen molar-refractivity contribution in [3.8, 4) is 0 Å². The van der Waals surface area contributed by atoms with E-state index in [1.165, 1.54) is 6.20 Å². The van der Waals surface area contributed by atoms with Crippen LogP contribution in [-0.4, -0.2) is 148 Å². The summed E-state index contributed by atoms with van der Waals surface area (Å²) in [6, 6.07) is 27.2. The van der Waals surface area contributed by atoms with Crippen molar-refractivity contribution in [1.82, 2.24) is 19.9 Å². The minimum atomic E-state index is -2.46. The summed E-state index contributed by atoms with van der Waals surface area (Å²) in [6.45, 7) is 1.00. The number of para-hydroxylation sites is 4. The van der Waals surface area contributed by atoms with Gasteiger partial charge in [0.2, 0.25) is 17.3 Å². The van der Waals surface area contributed by atoms with Gasteiger partial charge in [-0.2, -0.15) is 0 Å². The number of carbonyl (C=O) groups excluding carboxylic acids is 3. The smallest absolute Gasteiger partial charge is 0.372 e. The predicted octanol–water partition coefficient (Wildman–Crippen LogP) is 3.04. The van der Waals surface area contributed by atoms with Crippen LogP contribution < -0.4 is 11.5 Å². The lowest BCUT2D eigenvalue weighted by atomic mass is 9.88. The van der Waals surface area contributed by atoms with Gasteiger partial charge in [0.05, 0.1) is 6.42 Å². The first-order valence-corrected chi connectivity index (χ1v) is 23.0. The van der Waals surface area contributed by atoms with Crippen molar-refractivity contribution < 1.29 is 93.9 Å². The molecule has 78 heavy (non-hydrogen) atoms. The fourth-order valence-electron chi connectivity index (χ4n) is 7.58. The molecule has 0 radical (unpaired) electrons. The van der Waals surface area contributed by atoms with E-state index in [9.17, 15) is 63.3 Å². The van der Waals surface area contributed by atoms with Crippen LogP contribution in [0.3, 0.4) is 0 Å². The Balaban J connectivity index is 0.000000219. The number of aromatic amines is 4. The molecule has 0 amide bonds. The van der Waals surface area contributed by atoms with E-state index in [-0.39, 0.29) is 19.3 Å². The summed E-state index contributed by atoms with van der Waals surface area (Å²) in [4.78, 5) is 118. The fourth-order valence-corrected chi connectivity index (χ4v) is 7.58. The normalized spacial score (nSPS) is 12.9. The number of aliphatic carboxylic acids is 7. The Labute approximate surface area is 439 Å². The molecule has 25 nitrogen and oxygen atoms in total. The van der Waals surface area contributed by atoms with Crippen LogP contribution in [0.2, 0.25) is 0 Å². The van der Waals surface area contributed by atoms with Gasteiger partial charge in [-0.05, 0) is 46.5 Å². The predicted molar refractivity (Wildman–Crippen MR) is 277 cm³/mol. The van der Waals surface area contributed by atoms with Crippen LogP contribution in [0, 0.1) is 0 Å². The number of fused-ring (bicyclic) bond motifs is 4. The number of hydrogen-bond donors (Lipinski definition) is 15. The molecule has 4 atom stereocenters. The summed E-state index contributed by atoms with van der Waals surface area (Å²) in [5.41, 5.74) is 12.4. The first-order chi connectivity index (χ1) is 36.7. The zero-order chi connectivity index (χ0) is 58.1. The second-order valence-electron chi connectivity index (χ2n) is 17.4. The zero-order valence-corrected chi connectivity index (χ0v) is 41.2. The largest absolute Gasteiger partial charge is 0.480 e. The highest BCUT2D eigenvalue weighted by atomic mass is 16.4. The van der Waals surface area contributed by atoms with Gasteiger partial charge >= 0.3 is 41.8 Å². The van der Waals surface area contributed by atoms with Crippen molar-refractivity contribution in [2.24, 2.45) is 11.5 Å². The van der Waals surface area contributed by atoms with Crippen molar-refractivity contribution >= 4 is 103 Å². The molecule has 8 aromatic rings. The molecule has 8 rings (SSSR count). The van der Waals surface area contributed by atoms with Crippen molar-refractivity contribution in [2.45, 2.75) is 68.7 Å². The summed E-state index contributed by atoms with van der Waals surface area (Å²) < 4.78 is 0. The number of aromatic nitrogens is 4. The molecular formula is C53H54N6O19. The van der Waals surface area contributed by atoms with Crippen LogP contribution in [0.25, 0.3) is 43.6 Å². The van der Waals surface area contributed by atoms with Crippen molar-refractivity contribution in [3.63, 3.8) is 0 Å². The highest BCUT2D eigenvalue weighted by Crippen LogP contribution is 2.27. The lowest BCUT2D eigenvalue weighted by Crippen LogP contribution is -2.48. The molecule has 0 fully saturated rings. The minimum Gasteiger partial charge on any atom is -0.480 e. The summed E-state index contributed by atoms with van der Waals surface area (Å²) in [5, 5.41) is 84.4. The zero-order valence-electron chi connectivity index (χ0n) is 41.2. The minimum absolute atomic E-state index is 0.0701. The van der Waals surface area contributed by atoms with Crippen LogP contribution in [-0.2, 0) is 73.6 Å². The number of carbonyl (C=O) groups is 10. The third-order valence-electron chi connectivity index (χ3n) is 11.7. The van der Waals surface area contributed by atoms with Gasteiger partial charge in [-0.25, -0.2) is 24.0 Å². The average molecular weight is 1080 g/mol. The third-order valence-corrected chi connectivity index (χ3v) is 11.7. The number of rotatable bonds is 19. The second kappa shape index (κ2) is 27.1. The van der Waals surface area contributed by atoms with Gasteiger partial charge in [0.25, 0.3) is 0 Å². The molecule has 0 aliphatic heterocycles. The lowest BCUT2D eigenvalue weighted by molar-refractivity contribution is -0.163. The van der Waals surface area contributed by atoms with E-state index in [1.807, 2.05) is 66.9 Å². The molecule has 0 saturated heterocycles. The quantitative estimate of drug-likeness (QED) is 0.0517. The van der Waals surface area contributed by atoms with Crippen LogP contribution in [0.1, 0.15) is 42.0 Å². The summed E-state index contributed by atoms with van der Waals surface area (Å²) in [7, 11) is 0. The van der Waals surface area contributed by atoms with E-state index < -0.39 is 95.3 Å². The number of ketones is 3. The Morgan fingerprint density at radius 1 is 0.449 bits per heavy atom. The standard InChI is InChI=1S/C14H16N2O5.C14H13NO6.C11H12N2O2.C11H9NO3.C3H4O3/c15-10(12(17)18)6-14(21,13(19)20)5-8-7-16-11-4-2-1-3-9(8)11;16-11(12(17)18)6-14(21,13(19)20)5-8-7-15-10-4-2-1-3-9(8)10;12-9(11(14)15)5-7-6-13-10-4-2-1-3-8(7)10;13-10(11(14)15)5-7-6-12-9-4-2-1-3-8(7)9;1-2(4)3(5)6/h1-4,7,10,16,21H,5-6,15H2,(H,17,18)(H,19,20);1-4,7,15,21H,5-6H2,(H,17,18)(H,19,20);1-4,6,9,13H,5,12H2,(H,14,15);1-4,6,12H,5H2,(H,14,15);1H3,(H,5,6)/t10-,14-;14-;9-;;/m110../s1. The Hall–Kier alpha value is -9.82. The van der Waals surface area contributed by atoms with Crippen molar-refractivity contribution in [1.29, 1.82) is 0 Å². The maximum atomic E-state index is 11.3. The van der Waals surface area contributed by atoms with Crippen LogP contribution in [0.4, 0.5) is 0 Å². The highest BCUT2D eigenvalue weighted by molar-refractivity contribution is 6.34. The highest BCUT2D eigenvalue weighted by Gasteiger charge is 2.41. The van der Waals surface area contributed by atoms with Crippen molar-refractivity contribution in [3.05, 3.63) is 144 Å². The summed E-state index contributed by atoms with van der Waals surface area (Å²) >= 11 is 0. The number of hydrogen-bond acceptors (Lipinski definition) is 14. The van der Waals surface area contributed by atoms with E-state index in [2.05, 4.69) is 19.9 Å². The monoisotopic (exact) mass is 1080 g/mol. The topological polar surface area (TPSA) is 468 Å². The number of H-pyrrole nitrogens is 4. The van der Waals surface area contributed by atoms with Crippen LogP contribution in [0.5, 0.6) is 0 Å². The molecule has 0 spiro atoms. The number of nitrogens with one attached hydrogen (secondary N) is 4. The molecule has 4 aromatic heterocycles. The molecule has 25 heteroatoms. The molecule has 0 unspecified atom stereocenters. The summed E-state index contributed by atoms with van der Waals surface area (Å²) in [6.07, 6.45) is 4.74. The van der Waals surface area contributed by atoms with Crippen molar-refractivity contribution in [2.75, 3.05) is 0 Å². The number of aliphatic hydroxyl groups is 2. The van der Waals surface area contributed by atoms with E-state index in [1.54, 1.807) is 48.8 Å².